The van der Waals surface area contributed by atoms with Crippen molar-refractivity contribution in [3.63, 3.8) is 0 Å². The minimum absolute atomic E-state index is 0.636. The molecule has 1 aromatic heterocycles. The first-order valence-corrected chi connectivity index (χ1v) is 5.97. The minimum atomic E-state index is 0.636. The summed E-state index contributed by atoms with van der Waals surface area (Å²) >= 11 is 0. The van der Waals surface area contributed by atoms with Crippen LogP contribution in [0.2, 0.25) is 0 Å². The van der Waals surface area contributed by atoms with Crippen LogP contribution in [0, 0.1) is 0 Å². The zero-order valence-electron chi connectivity index (χ0n) is 10.5. The summed E-state index contributed by atoms with van der Waals surface area (Å²) in [5.74, 6) is 0.856. The summed E-state index contributed by atoms with van der Waals surface area (Å²) in [6.45, 7) is 2.87. The molecule has 0 unspecified atom stereocenters. The van der Waals surface area contributed by atoms with E-state index in [9.17, 15) is 0 Å². The van der Waals surface area contributed by atoms with Gasteiger partial charge in [-0.1, -0.05) is 30.3 Å². The van der Waals surface area contributed by atoms with Crippen LogP contribution >= 0.6 is 0 Å². The molecule has 96 valence electrons. The standard InChI is InChI=1S/C12H18N6/c1-17(8-7-13)10-12-14-15-16-18(12)9-11-5-3-2-4-6-11/h2-6H,7-10,13H2,1H3. The third kappa shape index (κ3) is 3.35. The molecule has 0 spiro atoms. The van der Waals surface area contributed by atoms with Crippen LogP contribution in [-0.2, 0) is 13.1 Å². The maximum atomic E-state index is 5.52. The highest BCUT2D eigenvalue weighted by molar-refractivity contribution is 5.14. The van der Waals surface area contributed by atoms with Gasteiger partial charge in [0, 0.05) is 13.1 Å². The Morgan fingerprint density at radius 1 is 1.28 bits per heavy atom. The van der Waals surface area contributed by atoms with E-state index in [0.29, 0.717) is 19.6 Å². The Hall–Kier alpha value is -1.79. The van der Waals surface area contributed by atoms with E-state index < -0.39 is 0 Å². The molecular weight excluding hydrogens is 228 g/mol. The quantitative estimate of drug-likeness (QED) is 0.783. The van der Waals surface area contributed by atoms with E-state index in [1.807, 2.05) is 29.9 Å². The fourth-order valence-electron chi connectivity index (χ4n) is 1.76. The van der Waals surface area contributed by atoms with Crippen LogP contribution in [0.5, 0.6) is 0 Å². The molecule has 1 heterocycles. The molecule has 0 atom stereocenters. The molecule has 0 saturated heterocycles. The summed E-state index contributed by atoms with van der Waals surface area (Å²) in [6.07, 6.45) is 0. The van der Waals surface area contributed by atoms with Gasteiger partial charge in [-0.3, -0.25) is 4.90 Å². The second kappa shape index (κ2) is 6.23. The Morgan fingerprint density at radius 3 is 2.78 bits per heavy atom. The van der Waals surface area contributed by atoms with Crippen LogP contribution in [0.15, 0.2) is 30.3 Å². The Labute approximate surface area is 106 Å². The second-order valence-electron chi connectivity index (χ2n) is 4.26. The van der Waals surface area contributed by atoms with E-state index in [0.717, 1.165) is 12.4 Å². The lowest BCUT2D eigenvalue weighted by atomic mass is 10.2. The average Bonchev–Trinajstić information content (AvgIpc) is 2.78. The highest BCUT2D eigenvalue weighted by atomic mass is 15.5. The third-order valence-electron chi connectivity index (χ3n) is 2.70. The average molecular weight is 246 g/mol. The van der Waals surface area contributed by atoms with Crippen molar-refractivity contribution >= 4 is 0 Å². The molecule has 0 amide bonds. The molecule has 0 radical (unpaired) electrons. The fourth-order valence-corrected chi connectivity index (χ4v) is 1.76. The van der Waals surface area contributed by atoms with Gasteiger partial charge in [0.25, 0.3) is 0 Å². The van der Waals surface area contributed by atoms with E-state index >= 15 is 0 Å². The number of hydrogen-bond donors (Lipinski definition) is 1. The van der Waals surface area contributed by atoms with Crippen molar-refractivity contribution in [3.05, 3.63) is 41.7 Å². The number of rotatable bonds is 6. The van der Waals surface area contributed by atoms with Crippen LogP contribution in [0.25, 0.3) is 0 Å². The summed E-state index contributed by atoms with van der Waals surface area (Å²) in [5.41, 5.74) is 6.71. The molecule has 0 saturated carbocycles. The number of hydrogen-bond acceptors (Lipinski definition) is 5. The SMILES string of the molecule is CN(CCN)Cc1nnnn1Cc1ccccc1. The molecule has 0 aliphatic carbocycles. The van der Waals surface area contributed by atoms with E-state index in [1.165, 1.54) is 5.56 Å². The summed E-state index contributed by atoms with van der Waals surface area (Å²) in [6, 6.07) is 10.2. The van der Waals surface area contributed by atoms with E-state index in [4.69, 9.17) is 5.73 Å². The molecule has 0 bridgehead atoms. The topological polar surface area (TPSA) is 72.9 Å². The highest BCUT2D eigenvalue weighted by Gasteiger charge is 2.08. The summed E-state index contributed by atoms with van der Waals surface area (Å²) < 4.78 is 1.82. The van der Waals surface area contributed by atoms with Crippen molar-refractivity contribution in [1.29, 1.82) is 0 Å². The van der Waals surface area contributed by atoms with Gasteiger partial charge in [0.1, 0.15) is 0 Å². The smallest absolute Gasteiger partial charge is 0.165 e. The normalized spacial score (nSPS) is 11.1. The second-order valence-corrected chi connectivity index (χ2v) is 4.26. The number of tetrazole rings is 1. The molecule has 2 N–H and O–H groups in total. The van der Waals surface area contributed by atoms with Crippen molar-refractivity contribution in [2.75, 3.05) is 20.1 Å². The van der Waals surface area contributed by atoms with Gasteiger partial charge in [-0.15, -0.1) is 5.10 Å². The van der Waals surface area contributed by atoms with Gasteiger partial charge in [0.05, 0.1) is 13.1 Å². The van der Waals surface area contributed by atoms with Crippen molar-refractivity contribution in [2.45, 2.75) is 13.1 Å². The van der Waals surface area contributed by atoms with Gasteiger partial charge in [-0.05, 0) is 23.0 Å². The third-order valence-corrected chi connectivity index (χ3v) is 2.70. The van der Waals surface area contributed by atoms with Gasteiger partial charge >= 0.3 is 0 Å². The summed E-state index contributed by atoms with van der Waals surface area (Å²) in [5, 5.41) is 11.8. The van der Waals surface area contributed by atoms with E-state index in [-0.39, 0.29) is 0 Å². The first kappa shape index (κ1) is 12.7. The van der Waals surface area contributed by atoms with Crippen molar-refractivity contribution in [3.8, 4) is 0 Å². The Morgan fingerprint density at radius 2 is 2.06 bits per heavy atom. The molecule has 6 heteroatoms. The minimum Gasteiger partial charge on any atom is -0.329 e. The number of likely N-dealkylation sites (N-methyl/N-ethyl adjacent to an activating group) is 1. The van der Waals surface area contributed by atoms with Crippen LogP contribution in [0.4, 0.5) is 0 Å². The van der Waals surface area contributed by atoms with Crippen molar-refractivity contribution in [2.24, 2.45) is 5.73 Å². The molecule has 0 aliphatic heterocycles. The zero-order chi connectivity index (χ0) is 12.8. The highest BCUT2D eigenvalue weighted by Crippen LogP contribution is 2.04. The maximum absolute atomic E-state index is 5.52. The predicted octanol–water partition coefficient (Wildman–Crippen LogP) is 0.112. The van der Waals surface area contributed by atoms with Crippen LogP contribution in [0.3, 0.4) is 0 Å². The summed E-state index contributed by atoms with van der Waals surface area (Å²) in [4.78, 5) is 2.10. The lowest BCUT2D eigenvalue weighted by Gasteiger charge is -2.14. The number of aromatic nitrogens is 4. The molecule has 0 aliphatic rings. The largest absolute Gasteiger partial charge is 0.329 e. The molecule has 1 aromatic carbocycles. The molecular formula is C12H18N6. The lowest BCUT2D eigenvalue weighted by Crippen LogP contribution is -2.26. The van der Waals surface area contributed by atoms with Crippen molar-refractivity contribution in [1.82, 2.24) is 25.1 Å². The summed E-state index contributed by atoms with van der Waals surface area (Å²) in [7, 11) is 2.01. The molecule has 0 fully saturated rings. The monoisotopic (exact) mass is 246 g/mol. The number of nitrogens with zero attached hydrogens (tertiary/aromatic N) is 5. The molecule has 18 heavy (non-hydrogen) atoms. The first-order valence-electron chi connectivity index (χ1n) is 5.97. The van der Waals surface area contributed by atoms with Crippen LogP contribution < -0.4 is 5.73 Å². The number of benzene rings is 1. The van der Waals surface area contributed by atoms with Crippen LogP contribution in [-0.4, -0.2) is 45.2 Å². The van der Waals surface area contributed by atoms with Crippen molar-refractivity contribution < 1.29 is 0 Å². The van der Waals surface area contributed by atoms with Gasteiger partial charge in [-0.25, -0.2) is 4.68 Å². The number of nitrogens with two attached hydrogens (primary N) is 1. The molecule has 6 nitrogen and oxygen atoms in total. The lowest BCUT2D eigenvalue weighted by molar-refractivity contribution is 0.320. The Kier molecular flexibility index (Phi) is 4.38. The zero-order valence-corrected chi connectivity index (χ0v) is 10.5. The van der Waals surface area contributed by atoms with Gasteiger partial charge < -0.3 is 5.73 Å². The fraction of sp³-hybridized carbons (Fsp3) is 0.417. The first-order chi connectivity index (χ1) is 8.79. The Bertz CT molecular complexity index is 466. The maximum Gasteiger partial charge on any atom is 0.165 e. The molecule has 2 rings (SSSR count). The van der Waals surface area contributed by atoms with Gasteiger partial charge in [0.15, 0.2) is 5.82 Å². The Balaban J connectivity index is 2.04. The van der Waals surface area contributed by atoms with E-state index in [1.54, 1.807) is 0 Å². The van der Waals surface area contributed by atoms with Gasteiger partial charge in [-0.2, -0.15) is 0 Å². The predicted molar refractivity (Wildman–Crippen MR) is 68.7 cm³/mol. The molecule has 2 aromatic rings. The van der Waals surface area contributed by atoms with E-state index in [2.05, 4.69) is 32.6 Å². The van der Waals surface area contributed by atoms with Crippen LogP contribution in [0.1, 0.15) is 11.4 Å². The van der Waals surface area contributed by atoms with Gasteiger partial charge in [0.2, 0.25) is 0 Å².